The Morgan fingerprint density at radius 1 is 1.07 bits per heavy atom. The second-order valence-electron chi connectivity index (χ2n) is 7.12. The molecule has 0 saturated carbocycles. The number of ether oxygens (including phenoxy) is 1. The van der Waals surface area contributed by atoms with Crippen molar-refractivity contribution in [3.63, 3.8) is 0 Å². The maximum Gasteiger partial charge on any atom is 0.237 e. The zero-order valence-corrected chi connectivity index (χ0v) is 17.9. The summed E-state index contributed by atoms with van der Waals surface area (Å²) in [6.45, 7) is 6.72. The molecule has 1 aliphatic heterocycles. The van der Waals surface area contributed by atoms with E-state index in [1.54, 1.807) is 0 Å². The van der Waals surface area contributed by atoms with Gasteiger partial charge in [-0.2, -0.15) is 0 Å². The summed E-state index contributed by atoms with van der Waals surface area (Å²) in [7, 11) is 0. The third-order valence-electron chi connectivity index (χ3n) is 4.98. The molecule has 3 aromatic rings. The summed E-state index contributed by atoms with van der Waals surface area (Å²) < 4.78 is 7.50. The van der Waals surface area contributed by atoms with Crippen molar-refractivity contribution < 1.29 is 9.53 Å². The van der Waals surface area contributed by atoms with Crippen molar-refractivity contribution in [3.8, 4) is 5.69 Å². The Labute approximate surface area is 180 Å². The number of amides is 1. The molecular weight excluding hydrogens is 398 g/mol. The Kier molecular flexibility index (Phi) is 6.35. The lowest BCUT2D eigenvalue weighted by molar-refractivity contribution is -0.115. The molecule has 1 fully saturated rings. The number of anilines is 2. The quantitative estimate of drug-likeness (QED) is 0.612. The summed E-state index contributed by atoms with van der Waals surface area (Å²) >= 11 is 1.40. The number of rotatable bonds is 6. The van der Waals surface area contributed by atoms with E-state index in [9.17, 15) is 4.79 Å². The van der Waals surface area contributed by atoms with E-state index in [0.29, 0.717) is 18.4 Å². The fourth-order valence-corrected chi connectivity index (χ4v) is 4.13. The molecule has 8 heteroatoms. The van der Waals surface area contributed by atoms with Crippen LogP contribution in [0.25, 0.3) is 5.69 Å². The van der Waals surface area contributed by atoms with Gasteiger partial charge in [-0.3, -0.25) is 9.36 Å². The zero-order valence-electron chi connectivity index (χ0n) is 17.1. The van der Waals surface area contributed by atoms with E-state index in [4.69, 9.17) is 4.74 Å². The average molecular weight is 424 g/mol. The van der Waals surface area contributed by atoms with Gasteiger partial charge in [-0.05, 0) is 37.6 Å². The third kappa shape index (κ3) is 4.49. The van der Waals surface area contributed by atoms with Gasteiger partial charge in [0, 0.05) is 18.8 Å². The topological polar surface area (TPSA) is 72.3 Å². The highest BCUT2D eigenvalue weighted by atomic mass is 32.2. The smallest absolute Gasteiger partial charge is 0.237 e. The molecule has 1 atom stereocenters. The Morgan fingerprint density at radius 2 is 1.77 bits per heavy atom. The molecule has 2 aromatic carbocycles. The van der Waals surface area contributed by atoms with Crippen LogP contribution in [0.15, 0.2) is 59.8 Å². The predicted octanol–water partition coefficient (Wildman–Crippen LogP) is 3.53. The lowest BCUT2D eigenvalue weighted by Gasteiger charge is -2.28. The maximum absolute atomic E-state index is 12.8. The van der Waals surface area contributed by atoms with E-state index in [0.717, 1.165) is 36.0 Å². The van der Waals surface area contributed by atoms with Gasteiger partial charge in [-0.25, -0.2) is 0 Å². The molecule has 0 aliphatic carbocycles. The van der Waals surface area contributed by atoms with Crippen LogP contribution >= 0.6 is 11.8 Å². The number of para-hydroxylation sites is 2. The molecule has 1 unspecified atom stereocenters. The number of nitrogens with zero attached hydrogens (tertiary/aromatic N) is 4. The van der Waals surface area contributed by atoms with E-state index in [1.807, 2.05) is 73.0 Å². The normalized spacial score (nSPS) is 15.1. The first-order valence-electron chi connectivity index (χ1n) is 10.00. The lowest BCUT2D eigenvalue weighted by Crippen LogP contribution is -2.37. The minimum absolute atomic E-state index is 0.0650. The van der Waals surface area contributed by atoms with Crippen LogP contribution in [-0.4, -0.2) is 52.2 Å². The molecule has 30 heavy (non-hydrogen) atoms. The minimum atomic E-state index is -0.339. The standard InChI is InChI=1S/C22H25N5O2S/c1-16-8-6-7-11-19(16)23-20(28)17(2)30-22-25-24-21(26-12-14-29-15-13-26)27(22)18-9-4-3-5-10-18/h3-11,17H,12-15H2,1-2H3,(H,23,28). The van der Waals surface area contributed by atoms with E-state index in [-0.39, 0.29) is 11.2 Å². The van der Waals surface area contributed by atoms with Crippen LogP contribution < -0.4 is 10.2 Å². The zero-order chi connectivity index (χ0) is 20.9. The van der Waals surface area contributed by atoms with E-state index in [1.165, 1.54) is 11.8 Å². The molecule has 0 bridgehead atoms. The summed E-state index contributed by atoms with van der Waals surface area (Å²) in [4.78, 5) is 15.0. The number of morpholine rings is 1. The van der Waals surface area contributed by atoms with Gasteiger partial charge in [0.2, 0.25) is 11.9 Å². The Morgan fingerprint density at radius 3 is 2.50 bits per heavy atom. The first kappa shape index (κ1) is 20.4. The summed E-state index contributed by atoms with van der Waals surface area (Å²) in [5.74, 6) is 0.711. The van der Waals surface area contributed by atoms with Gasteiger partial charge in [-0.1, -0.05) is 48.2 Å². The predicted molar refractivity (Wildman–Crippen MR) is 120 cm³/mol. The highest BCUT2D eigenvalue weighted by Crippen LogP contribution is 2.30. The first-order valence-corrected chi connectivity index (χ1v) is 10.9. The summed E-state index contributed by atoms with van der Waals surface area (Å²) in [6, 6.07) is 17.8. The molecule has 0 radical (unpaired) electrons. The number of carbonyl (C=O) groups excluding carboxylic acids is 1. The maximum atomic E-state index is 12.8. The van der Waals surface area contributed by atoms with Crippen molar-refractivity contribution in [1.82, 2.24) is 14.8 Å². The largest absolute Gasteiger partial charge is 0.378 e. The van der Waals surface area contributed by atoms with Crippen LogP contribution in [-0.2, 0) is 9.53 Å². The Hall–Kier alpha value is -2.84. The van der Waals surface area contributed by atoms with Crippen molar-refractivity contribution in [2.75, 3.05) is 36.5 Å². The molecule has 7 nitrogen and oxygen atoms in total. The molecule has 1 amide bonds. The fourth-order valence-electron chi connectivity index (χ4n) is 3.27. The summed E-state index contributed by atoms with van der Waals surface area (Å²) in [5, 5.41) is 12.3. The summed E-state index contributed by atoms with van der Waals surface area (Å²) in [5.41, 5.74) is 2.83. The molecule has 1 aliphatic rings. The number of hydrogen-bond acceptors (Lipinski definition) is 6. The van der Waals surface area contributed by atoms with E-state index >= 15 is 0 Å². The van der Waals surface area contributed by atoms with Crippen molar-refractivity contribution in [3.05, 3.63) is 60.2 Å². The van der Waals surface area contributed by atoms with Crippen LogP contribution in [0.2, 0.25) is 0 Å². The lowest BCUT2D eigenvalue weighted by atomic mass is 10.2. The minimum Gasteiger partial charge on any atom is -0.378 e. The molecule has 1 saturated heterocycles. The van der Waals surface area contributed by atoms with E-state index in [2.05, 4.69) is 20.4 Å². The van der Waals surface area contributed by atoms with Gasteiger partial charge in [0.15, 0.2) is 5.16 Å². The monoisotopic (exact) mass is 423 g/mol. The SMILES string of the molecule is Cc1ccccc1NC(=O)C(C)Sc1nnc(N2CCOCC2)n1-c1ccccc1. The Bertz CT molecular complexity index is 1000. The number of aryl methyl sites for hydroxylation is 1. The molecule has 2 heterocycles. The van der Waals surface area contributed by atoms with Gasteiger partial charge >= 0.3 is 0 Å². The second kappa shape index (κ2) is 9.32. The van der Waals surface area contributed by atoms with Crippen LogP contribution in [0.5, 0.6) is 0 Å². The average Bonchev–Trinajstić information content (AvgIpc) is 3.20. The summed E-state index contributed by atoms with van der Waals surface area (Å²) in [6.07, 6.45) is 0. The highest BCUT2D eigenvalue weighted by molar-refractivity contribution is 8.00. The van der Waals surface area contributed by atoms with Gasteiger partial charge in [-0.15, -0.1) is 10.2 Å². The number of nitrogens with one attached hydrogen (secondary N) is 1. The van der Waals surface area contributed by atoms with Gasteiger partial charge in [0.1, 0.15) is 0 Å². The van der Waals surface area contributed by atoms with Crippen LogP contribution in [0.1, 0.15) is 12.5 Å². The molecule has 1 aromatic heterocycles. The number of hydrogen-bond donors (Lipinski definition) is 1. The van der Waals surface area contributed by atoms with Crippen molar-refractivity contribution in [1.29, 1.82) is 0 Å². The van der Waals surface area contributed by atoms with Crippen LogP contribution in [0.4, 0.5) is 11.6 Å². The molecule has 4 rings (SSSR count). The first-order chi connectivity index (χ1) is 14.6. The molecule has 156 valence electrons. The molecule has 1 N–H and O–H groups in total. The Balaban J connectivity index is 1.58. The van der Waals surface area contributed by atoms with Crippen LogP contribution in [0.3, 0.4) is 0 Å². The number of thioether (sulfide) groups is 1. The molecular formula is C22H25N5O2S. The van der Waals surface area contributed by atoms with Crippen molar-refractivity contribution in [2.24, 2.45) is 0 Å². The number of aromatic nitrogens is 3. The molecule has 0 spiro atoms. The second-order valence-corrected chi connectivity index (χ2v) is 8.43. The van der Waals surface area contributed by atoms with Gasteiger partial charge < -0.3 is 15.0 Å². The van der Waals surface area contributed by atoms with Crippen LogP contribution in [0, 0.1) is 6.92 Å². The van der Waals surface area contributed by atoms with Crippen molar-refractivity contribution >= 4 is 29.3 Å². The highest BCUT2D eigenvalue weighted by Gasteiger charge is 2.25. The number of benzene rings is 2. The van der Waals surface area contributed by atoms with E-state index < -0.39 is 0 Å². The van der Waals surface area contributed by atoms with Gasteiger partial charge in [0.05, 0.1) is 24.2 Å². The van der Waals surface area contributed by atoms with Crippen molar-refractivity contribution in [2.45, 2.75) is 24.3 Å². The number of carbonyl (C=O) groups is 1. The third-order valence-corrected chi connectivity index (χ3v) is 6.02. The fraction of sp³-hybridized carbons (Fsp3) is 0.318. The van der Waals surface area contributed by atoms with Gasteiger partial charge in [0.25, 0.3) is 0 Å².